The van der Waals surface area contributed by atoms with Crippen LogP contribution in [0, 0.1) is 0 Å². The molecule has 2 heterocycles. The Labute approximate surface area is 184 Å². The molecule has 2 aromatic heterocycles. The lowest BCUT2D eigenvalue weighted by molar-refractivity contribution is 0.298. The molecule has 0 saturated carbocycles. The number of aromatic amines is 1. The lowest BCUT2D eigenvalue weighted by Crippen LogP contribution is -2.25. The van der Waals surface area contributed by atoms with Crippen molar-refractivity contribution in [3.8, 4) is 11.8 Å². The second kappa shape index (κ2) is 9.64. The molecule has 0 unspecified atom stereocenters. The zero-order valence-corrected chi connectivity index (χ0v) is 18.3. The molecule has 2 aromatic carbocycles. The summed E-state index contributed by atoms with van der Waals surface area (Å²) in [4.78, 5) is 25.1. The van der Waals surface area contributed by atoms with E-state index in [-0.39, 0.29) is 11.1 Å². The number of unbranched alkanes of at least 4 members (excludes halogenated alkanes) is 1. The average Bonchev–Trinajstić information content (AvgIpc) is 2.82. The van der Waals surface area contributed by atoms with Crippen molar-refractivity contribution in [1.29, 1.82) is 0 Å². The maximum Gasteiger partial charge on any atom is 0.274 e. The van der Waals surface area contributed by atoms with Crippen LogP contribution in [0.2, 0.25) is 0 Å². The van der Waals surface area contributed by atoms with Crippen LogP contribution in [0.15, 0.2) is 52.1 Å². The molecule has 1 N–H and O–H groups in total. The summed E-state index contributed by atoms with van der Waals surface area (Å²) in [5, 5.41) is 13.5. The Kier molecular flexibility index (Phi) is 6.49. The number of nitrogens with one attached hydrogen (secondary N) is 1. The molecule has 0 amide bonds. The topological polar surface area (TPSA) is 99.1 Å². The van der Waals surface area contributed by atoms with Gasteiger partial charge in [-0.25, -0.2) is 9.78 Å². The molecule has 0 aliphatic carbocycles. The van der Waals surface area contributed by atoms with E-state index < -0.39 is 0 Å². The number of nitrogens with zero attached hydrogens (tertiary/aromatic N) is 3. The first-order valence-electron chi connectivity index (χ1n) is 10.9. The zero-order chi connectivity index (χ0) is 22.5. The molecule has 32 heavy (non-hydrogen) atoms. The molecule has 0 spiro atoms. The number of benzene rings is 2. The lowest BCUT2D eigenvalue weighted by atomic mass is 10.1. The van der Waals surface area contributed by atoms with Gasteiger partial charge in [-0.15, -0.1) is 10.2 Å². The maximum absolute atomic E-state index is 12.9. The van der Waals surface area contributed by atoms with E-state index in [1.165, 1.54) is 4.68 Å². The van der Waals surface area contributed by atoms with Gasteiger partial charge in [-0.2, -0.15) is 0 Å². The molecule has 166 valence electrons. The monoisotopic (exact) mass is 434 g/mol. The largest absolute Gasteiger partial charge is 0.477 e. The summed E-state index contributed by atoms with van der Waals surface area (Å²) in [6.45, 7) is 5.34. The highest BCUT2D eigenvalue weighted by atomic mass is 16.5. The van der Waals surface area contributed by atoms with E-state index in [9.17, 15) is 9.59 Å². The number of fused-ring (bicyclic) bond motifs is 2. The predicted octanol–water partition coefficient (Wildman–Crippen LogP) is 3.45. The summed E-state index contributed by atoms with van der Waals surface area (Å²) >= 11 is 0. The summed E-state index contributed by atoms with van der Waals surface area (Å²) in [7, 11) is 0. The third kappa shape index (κ3) is 4.34. The van der Waals surface area contributed by atoms with Crippen LogP contribution in [0.4, 0.5) is 0 Å². The number of H-pyrrole nitrogens is 1. The van der Waals surface area contributed by atoms with Gasteiger partial charge in [-0.3, -0.25) is 9.59 Å². The van der Waals surface area contributed by atoms with Crippen molar-refractivity contribution in [3.05, 3.63) is 68.7 Å². The van der Waals surface area contributed by atoms with Crippen LogP contribution in [0.3, 0.4) is 0 Å². The van der Waals surface area contributed by atoms with Gasteiger partial charge in [-0.1, -0.05) is 31.5 Å². The minimum absolute atomic E-state index is 0.161. The number of hydrogen-bond donors (Lipinski definition) is 1. The van der Waals surface area contributed by atoms with Crippen LogP contribution in [0.5, 0.6) is 11.8 Å². The molecule has 0 saturated heterocycles. The number of ether oxygens (including phenoxy) is 2. The second-order valence-corrected chi connectivity index (χ2v) is 7.50. The molecule has 0 aliphatic heterocycles. The Morgan fingerprint density at radius 3 is 2.53 bits per heavy atom. The molecule has 0 aliphatic rings. The molecular weight excluding hydrogens is 408 g/mol. The van der Waals surface area contributed by atoms with Crippen molar-refractivity contribution >= 4 is 21.5 Å². The highest BCUT2D eigenvalue weighted by molar-refractivity contribution is 5.87. The summed E-state index contributed by atoms with van der Waals surface area (Å²) < 4.78 is 12.9. The van der Waals surface area contributed by atoms with Gasteiger partial charge in [0.2, 0.25) is 11.8 Å². The van der Waals surface area contributed by atoms with E-state index in [2.05, 4.69) is 22.2 Å². The summed E-state index contributed by atoms with van der Waals surface area (Å²) in [6.07, 6.45) is 2.46. The van der Waals surface area contributed by atoms with Gasteiger partial charge in [0.05, 0.1) is 34.8 Å². The van der Waals surface area contributed by atoms with Gasteiger partial charge in [0.25, 0.3) is 11.1 Å². The van der Waals surface area contributed by atoms with Gasteiger partial charge >= 0.3 is 0 Å². The summed E-state index contributed by atoms with van der Waals surface area (Å²) in [5.74, 6) is 0.859. The Bertz CT molecular complexity index is 1360. The van der Waals surface area contributed by atoms with Crippen LogP contribution in [0.25, 0.3) is 21.5 Å². The summed E-state index contributed by atoms with van der Waals surface area (Å²) in [6, 6.07) is 12.9. The molecular formula is C24H26N4O4. The van der Waals surface area contributed by atoms with Gasteiger partial charge in [0.1, 0.15) is 0 Å². The van der Waals surface area contributed by atoms with Crippen molar-refractivity contribution in [3.63, 3.8) is 0 Å². The molecule has 0 atom stereocenters. The smallest absolute Gasteiger partial charge is 0.274 e. The quantitative estimate of drug-likeness (QED) is 0.405. The van der Waals surface area contributed by atoms with E-state index in [0.29, 0.717) is 59.5 Å². The maximum atomic E-state index is 12.9. The van der Waals surface area contributed by atoms with Crippen LogP contribution in [0.1, 0.15) is 32.3 Å². The highest BCUT2D eigenvalue weighted by Crippen LogP contribution is 2.23. The molecule has 0 fully saturated rings. The van der Waals surface area contributed by atoms with Crippen LogP contribution in [-0.2, 0) is 13.0 Å². The van der Waals surface area contributed by atoms with E-state index in [4.69, 9.17) is 9.47 Å². The molecule has 8 heteroatoms. The molecule has 4 aromatic rings. The van der Waals surface area contributed by atoms with Gasteiger partial charge < -0.3 is 9.47 Å². The minimum atomic E-state index is -0.261. The molecule has 4 rings (SSSR count). The second-order valence-electron chi connectivity index (χ2n) is 7.50. The Hall–Kier alpha value is -3.68. The van der Waals surface area contributed by atoms with Crippen LogP contribution >= 0.6 is 0 Å². The third-order valence-corrected chi connectivity index (χ3v) is 5.28. The Balaban J connectivity index is 1.65. The number of aryl methyl sites for hydroxylation is 2. The fourth-order valence-corrected chi connectivity index (χ4v) is 3.60. The predicted molar refractivity (Wildman–Crippen MR) is 124 cm³/mol. The highest BCUT2D eigenvalue weighted by Gasteiger charge is 2.12. The molecule has 0 bridgehead atoms. The van der Waals surface area contributed by atoms with E-state index >= 15 is 0 Å². The van der Waals surface area contributed by atoms with Gasteiger partial charge in [0, 0.05) is 6.54 Å². The normalized spacial score (nSPS) is 11.2. The van der Waals surface area contributed by atoms with Crippen LogP contribution < -0.4 is 20.6 Å². The third-order valence-electron chi connectivity index (χ3n) is 5.28. The van der Waals surface area contributed by atoms with E-state index in [1.54, 1.807) is 12.1 Å². The zero-order valence-electron chi connectivity index (χ0n) is 18.3. The number of hydrogen-bond acceptors (Lipinski definition) is 6. The van der Waals surface area contributed by atoms with Crippen molar-refractivity contribution < 1.29 is 9.47 Å². The van der Waals surface area contributed by atoms with Crippen molar-refractivity contribution in [2.24, 2.45) is 0 Å². The molecule has 8 nitrogen and oxygen atoms in total. The first-order chi connectivity index (χ1) is 15.6. The van der Waals surface area contributed by atoms with E-state index in [1.807, 2.05) is 37.3 Å². The van der Waals surface area contributed by atoms with Crippen molar-refractivity contribution in [1.82, 2.24) is 20.0 Å². The lowest BCUT2D eigenvalue weighted by Gasteiger charge is -2.12. The first-order valence-corrected chi connectivity index (χ1v) is 10.9. The summed E-state index contributed by atoms with van der Waals surface area (Å²) in [5.41, 5.74) is 0.528. The van der Waals surface area contributed by atoms with Gasteiger partial charge in [-0.05, 0) is 49.6 Å². The number of aromatic nitrogens is 4. The number of rotatable bonds is 9. The van der Waals surface area contributed by atoms with Crippen molar-refractivity contribution in [2.75, 3.05) is 13.2 Å². The fourth-order valence-electron chi connectivity index (χ4n) is 3.60. The Morgan fingerprint density at radius 2 is 1.75 bits per heavy atom. The fraction of sp³-hybridized carbons (Fsp3) is 0.333. The Morgan fingerprint density at radius 1 is 0.938 bits per heavy atom. The van der Waals surface area contributed by atoms with Crippen molar-refractivity contribution in [2.45, 2.75) is 39.7 Å². The standard InChI is InChI=1S/C24H26N4O4/c1-3-5-14-32-22-20-15-16(10-11-17(20)21(29)25-26-22)12-13-28-24(30)19-9-7-6-8-18(19)23(27-28)31-4-2/h6-11,15H,3-5,12-14H2,1-2H3,(H,25,29). The molecule has 0 radical (unpaired) electrons. The van der Waals surface area contributed by atoms with Crippen LogP contribution in [-0.4, -0.2) is 33.2 Å². The van der Waals surface area contributed by atoms with Gasteiger partial charge in [0.15, 0.2) is 0 Å². The first kappa shape index (κ1) is 21.5. The SMILES string of the molecule is CCCCOc1n[nH]c(=O)c2ccc(CCn3nc(OCC)c4ccccc4c3=O)cc12. The minimum Gasteiger partial charge on any atom is -0.477 e. The van der Waals surface area contributed by atoms with E-state index in [0.717, 1.165) is 18.4 Å². The average molecular weight is 434 g/mol.